The van der Waals surface area contributed by atoms with E-state index in [4.69, 9.17) is 21.1 Å². The molecular formula is C18H22ClNO3S. The normalized spacial score (nSPS) is 24.9. The first-order valence-corrected chi connectivity index (χ1v) is 9.83. The molecule has 1 atom stereocenters. The van der Waals surface area contributed by atoms with E-state index in [1.807, 2.05) is 16.7 Å². The van der Waals surface area contributed by atoms with Crippen molar-refractivity contribution in [2.24, 2.45) is 5.92 Å². The van der Waals surface area contributed by atoms with Crippen LogP contribution in [-0.4, -0.2) is 54.2 Å². The highest BCUT2D eigenvalue weighted by molar-refractivity contribution is 8.01. The van der Waals surface area contributed by atoms with E-state index in [2.05, 4.69) is 0 Å². The zero-order chi connectivity index (χ0) is 16.7. The zero-order valence-corrected chi connectivity index (χ0v) is 15.4. The molecule has 3 fully saturated rings. The highest BCUT2D eigenvalue weighted by Crippen LogP contribution is 2.47. The molecule has 1 aromatic carbocycles. The van der Waals surface area contributed by atoms with Gasteiger partial charge in [0.15, 0.2) is 0 Å². The van der Waals surface area contributed by atoms with Gasteiger partial charge in [-0.1, -0.05) is 11.6 Å². The fourth-order valence-electron chi connectivity index (χ4n) is 3.46. The number of nitrogens with zero attached hydrogens (tertiary/aromatic N) is 1. The van der Waals surface area contributed by atoms with Crippen LogP contribution in [0.3, 0.4) is 0 Å². The summed E-state index contributed by atoms with van der Waals surface area (Å²) in [6.07, 6.45) is 4.09. The lowest BCUT2D eigenvalue weighted by atomic mass is 9.92. The Balaban J connectivity index is 1.31. The monoisotopic (exact) mass is 367 g/mol. The molecule has 0 radical (unpaired) electrons. The Hall–Kier alpha value is -0.910. The fourth-order valence-corrected chi connectivity index (χ4v) is 5.27. The van der Waals surface area contributed by atoms with Crippen molar-refractivity contribution in [2.45, 2.75) is 30.1 Å². The van der Waals surface area contributed by atoms with Crippen LogP contribution in [0.5, 0.6) is 5.75 Å². The zero-order valence-electron chi connectivity index (χ0n) is 13.8. The molecule has 1 aliphatic carbocycles. The predicted octanol–water partition coefficient (Wildman–Crippen LogP) is 3.48. The first kappa shape index (κ1) is 16.6. The van der Waals surface area contributed by atoms with Crippen LogP contribution in [0.4, 0.5) is 0 Å². The lowest BCUT2D eigenvalue weighted by Gasteiger charge is -2.47. The number of benzene rings is 1. The summed E-state index contributed by atoms with van der Waals surface area (Å²) in [5.74, 6) is 2.51. The number of likely N-dealkylation sites (tertiary alicyclic amines) is 1. The van der Waals surface area contributed by atoms with Gasteiger partial charge in [0.1, 0.15) is 5.75 Å². The second-order valence-corrected chi connectivity index (χ2v) is 9.00. The maximum absolute atomic E-state index is 12.6. The van der Waals surface area contributed by atoms with E-state index < -0.39 is 0 Å². The molecular weight excluding hydrogens is 346 g/mol. The minimum Gasteiger partial charge on any atom is -0.495 e. The van der Waals surface area contributed by atoms with E-state index in [-0.39, 0.29) is 10.7 Å². The minimum absolute atomic E-state index is 0.0492. The standard InChI is InChI=1S/C18H22ClNO3S/c1-22-16-5-4-13(6-15(16)19)17(21)20-10-18(11-20)7-14(9-24-18)23-8-12-2-3-12/h4-6,12,14H,2-3,7-11H2,1H3/t14-/m0/s1. The number of carbonyl (C=O) groups is 1. The molecule has 4 nitrogen and oxygen atoms in total. The second-order valence-electron chi connectivity index (χ2n) is 7.11. The van der Waals surface area contributed by atoms with Gasteiger partial charge < -0.3 is 14.4 Å². The van der Waals surface area contributed by atoms with Crippen molar-refractivity contribution in [1.82, 2.24) is 4.90 Å². The van der Waals surface area contributed by atoms with Gasteiger partial charge in [0.25, 0.3) is 5.91 Å². The lowest BCUT2D eigenvalue weighted by molar-refractivity contribution is 0.0287. The third-order valence-corrected chi connectivity index (χ3v) is 6.95. The summed E-state index contributed by atoms with van der Waals surface area (Å²) >= 11 is 8.10. The van der Waals surface area contributed by atoms with Gasteiger partial charge in [-0.25, -0.2) is 0 Å². The van der Waals surface area contributed by atoms with Crippen LogP contribution in [0.1, 0.15) is 29.6 Å². The van der Waals surface area contributed by atoms with Crippen molar-refractivity contribution in [1.29, 1.82) is 0 Å². The van der Waals surface area contributed by atoms with Gasteiger partial charge in [-0.2, -0.15) is 0 Å². The molecule has 0 aromatic heterocycles. The molecule has 130 valence electrons. The highest BCUT2D eigenvalue weighted by Gasteiger charge is 2.51. The third kappa shape index (κ3) is 3.26. The number of carbonyl (C=O) groups excluding carboxylic acids is 1. The number of amides is 1. The smallest absolute Gasteiger partial charge is 0.254 e. The molecule has 0 N–H and O–H groups in total. The Bertz CT molecular complexity index is 643. The number of hydrogen-bond acceptors (Lipinski definition) is 4. The van der Waals surface area contributed by atoms with E-state index >= 15 is 0 Å². The largest absolute Gasteiger partial charge is 0.495 e. The maximum Gasteiger partial charge on any atom is 0.254 e. The van der Waals surface area contributed by atoms with Crippen LogP contribution in [0.2, 0.25) is 5.02 Å². The van der Waals surface area contributed by atoms with Crippen LogP contribution >= 0.6 is 23.4 Å². The van der Waals surface area contributed by atoms with Crippen LogP contribution < -0.4 is 4.74 Å². The summed E-state index contributed by atoms with van der Waals surface area (Å²) in [7, 11) is 1.57. The second kappa shape index (κ2) is 6.43. The average Bonchev–Trinajstić information content (AvgIpc) is 3.28. The third-order valence-electron chi connectivity index (χ3n) is 5.08. The predicted molar refractivity (Wildman–Crippen MR) is 96.2 cm³/mol. The summed E-state index contributed by atoms with van der Waals surface area (Å²) in [5.41, 5.74) is 0.625. The van der Waals surface area contributed by atoms with Crippen LogP contribution in [-0.2, 0) is 4.74 Å². The van der Waals surface area contributed by atoms with Gasteiger partial charge in [-0.15, -0.1) is 11.8 Å². The van der Waals surface area contributed by atoms with E-state index in [0.717, 1.165) is 37.8 Å². The van der Waals surface area contributed by atoms with Gasteiger partial charge in [-0.05, 0) is 43.4 Å². The van der Waals surface area contributed by atoms with E-state index in [9.17, 15) is 4.79 Å². The molecule has 1 aromatic rings. The lowest BCUT2D eigenvalue weighted by Crippen LogP contribution is -2.60. The summed E-state index contributed by atoms with van der Waals surface area (Å²) in [5, 5.41) is 0.474. The van der Waals surface area contributed by atoms with Crippen molar-refractivity contribution in [3.63, 3.8) is 0 Å². The van der Waals surface area contributed by atoms with Crippen molar-refractivity contribution < 1.29 is 14.3 Å². The molecule has 2 heterocycles. The number of rotatable bonds is 5. The van der Waals surface area contributed by atoms with Gasteiger partial charge in [-0.3, -0.25) is 4.79 Å². The Kier molecular flexibility index (Phi) is 4.43. The Morgan fingerprint density at radius 1 is 1.42 bits per heavy atom. The van der Waals surface area contributed by atoms with Crippen molar-refractivity contribution in [3.8, 4) is 5.75 Å². The van der Waals surface area contributed by atoms with Crippen LogP contribution in [0, 0.1) is 5.92 Å². The van der Waals surface area contributed by atoms with Crippen LogP contribution in [0.25, 0.3) is 0 Å². The van der Waals surface area contributed by atoms with E-state index in [0.29, 0.717) is 22.4 Å². The average molecular weight is 368 g/mol. The van der Waals surface area contributed by atoms with Crippen molar-refractivity contribution in [3.05, 3.63) is 28.8 Å². The van der Waals surface area contributed by atoms with Crippen LogP contribution in [0.15, 0.2) is 18.2 Å². The Morgan fingerprint density at radius 3 is 2.88 bits per heavy atom. The molecule has 0 bridgehead atoms. The molecule has 4 rings (SSSR count). The molecule has 3 aliphatic rings. The van der Waals surface area contributed by atoms with Gasteiger partial charge >= 0.3 is 0 Å². The van der Waals surface area contributed by atoms with Gasteiger partial charge in [0, 0.05) is 31.0 Å². The maximum atomic E-state index is 12.6. The SMILES string of the molecule is COc1ccc(C(=O)N2CC3(C[C@H](OCC4CC4)CS3)C2)cc1Cl. The molecule has 1 saturated carbocycles. The molecule has 6 heteroatoms. The van der Waals surface area contributed by atoms with Gasteiger partial charge in [0.05, 0.1) is 23.0 Å². The van der Waals surface area contributed by atoms with E-state index in [1.165, 1.54) is 12.8 Å². The molecule has 2 saturated heterocycles. The quantitative estimate of drug-likeness (QED) is 0.798. The molecule has 0 unspecified atom stereocenters. The highest BCUT2D eigenvalue weighted by atomic mass is 35.5. The minimum atomic E-state index is 0.0492. The summed E-state index contributed by atoms with van der Waals surface area (Å²) in [4.78, 5) is 14.5. The summed E-state index contributed by atoms with van der Waals surface area (Å²) in [6.45, 7) is 2.54. The summed E-state index contributed by atoms with van der Waals surface area (Å²) < 4.78 is 11.4. The molecule has 2 aliphatic heterocycles. The van der Waals surface area contributed by atoms with E-state index in [1.54, 1.807) is 25.3 Å². The molecule has 24 heavy (non-hydrogen) atoms. The summed E-state index contributed by atoms with van der Waals surface area (Å²) in [6, 6.07) is 5.22. The molecule has 1 amide bonds. The Morgan fingerprint density at radius 2 is 2.21 bits per heavy atom. The fraction of sp³-hybridized carbons (Fsp3) is 0.611. The number of hydrogen-bond donors (Lipinski definition) is 0. The number of halogens is 1. The Labute approximate surface area is 151 Å². The molecule has 1 spiro atoms. The van der Waals surface area contributed by atoms with Crippen molar-refractivity contribution >= 4 is 29.3 Å². The first-order chi connectivity index (χ1) is 11.6. The number of thioether (sulfide) groups is 1. The first-order valence-electron chi connectivity index (χ1n) is 8.47. The topological polar surface area (TPSA) is 38.8 Å². The van der Waals surface area contributed by atoms with Crippen molar-refractivity contribution in [2.75, 3.05) is 32.6 Å². The number of ether oxygens (including phenoxy) is 2. The van der Waals surface area contributed by atoms with Gasteiger partial charge in [0.2, 0.25) is 0 Å². The number of methoxy groups -OCH3 is 1.